The number of urea groups is 1. The summed E-state index contributed by atoms with van der Waals surface area (Å²) in [7, 11) is 3.83. The number of carbonyl (C=O) groups excluding carboxylic acids is 2. The van der Waals surface area contributed by atoms with Crippen LogP contribution in [0.15, 0.2) is 79.1 Å². The van der Waals surface area contributed by atoms with Gasteiger partial charge in [-0.25, -0.2) is 19.1 Å². The maximum Gasteiger partial charge on any atom is 0.330 e. The minimum atomic E-state index is -0.588. The molecule has 0 saturated carbocycles. The second-order valence-electron chi connectivity index (χ2n) is 10.1. The number of hydrogen-bond donors (Lipinski definition) is 2. The van der Waals surface area contributed by atoms with Gasteiger partial charge in [-0.1, -0.05) is 54.1 Å². The van der Waals surface area contributed by atoms with E-state index in [2.05, 4.69) is 25.7 Å². The van der Waals surface area contributed by atoms with Gasteiger partial charge in [-0.05, 0) is 37.9 Å². The molecule has 4 aromatic rings. The monoisotopic (exact) mass is 603 g/mol. The molecule has 13 heteroatoms. The van der Waals surface area contributed by atoms with E-state index in [9.17, 15) is 14.0 Å². The number of aryl methyl sites for hydroxylation is 1. The van der Waals surface area contributed by atoms with Gasteiger partial charge in [-0.2, -0.15) is 10.1 Å². The van der Waals surface area contributed by atoms with Crippen LogP contribution in [0.1, 0.15) is 11.1 Å². The standard InChI is InChI=1S/C30H31ClFN9O2/c1-38(2)14-7-12-26(42)34-23-10-6-11-24(16-23)41-28-22(19-39(30(41)43)18-21-8-4-3-5-9-21)17-33-29(36-28)35-25-20-40(15-13-32)37-27(25)31/h3-12,16-17,20H,13-15,18-19H2,1-2H3,(H,34,42)(H,33,35,36)/b12-7+. The first kappa shape index (κ1) is 29.7. The summed E-state index contributed by atoms with van der Waals surface area (Å²) >= 11 is 6.24. The highest BCUT2D eigenvalue weighted by atomic mass is 35.5. The highest BCUT2D eigenvalue weighted by Crippen LogP contribution is 2.36. The Balaban J connectivity index is 1.47. The molecule has 0 spiro atoms. The number of anilines is 5. The summed E-state index contributed by atoms with van der Waals surface area (Å²) in [6.45, 7) is 0.773. The Bertz CT molecular complexity index is 1630. The summed E-state index contributed by atoms with van der Waals surface area (Å²) in [6.07, 6.45) is 6.46. The van der Waals surface area contributed by atoms with Gasteiger partial charge in [0.1, 0.15) is 6.67 Å². The van der Waals surface area contributed by atoms with Crippen LogP contribution in [0.2, 0.25) is 5.15 Å². The van der Waals surface area contributed by atoms with E-state index in [1.165, 1.54) is 15.7 Å². The predicted octanol–water partition coefficient (Wildman–Crippen LogP) is 5.37. The first-order valence-electron chi connectivity index (χ1n) is 13.6. The van der Waals surface area contributed by atoms with Crippen LogP contribution in [0, 0.1) is 0 Å². The summed E-state index contributed by atoms with van der Waals surface area (Å²) in [4.78, 5) is 40.8. The lowest BCUT2D eigenvalue weighted by atomic mass is 10.1. The van der Waals surface area contributed by atoms with Crippen molar-refractivity contribution in [2.24, 2.45) is 0 Å². The SMILES string of the molecule is CN(C)C/C=C/C(=O)Nc1cccc(N2C(=O)N(Cc3ccccc3)Cc3cnc(Nc4cn(CCF)nc4Cl)nc32)c1. The van der Waals surface area contributed by atoms with Crippen molar-refractivity contribution in [3.63, 3.8) is 0 Å². The highest BCUT2D eigenvalue weighted by molar-refractivity contribution is 6.32. The molecule has 1 aliphatic rings. The molecule has 3 heterocycles. The number of hydrogen-bond acceptors (Lipinski definition) is 7. The van der Waals surface area contributed by atoms with Crippen LogP contribution in [0.25, 0.3) is 0 Å². The molecule has 1 aliphatic heterocycles. The second-order valence-corrected chi connectivity index (χ2v) is 10.5. The molecule has 0 bridgehead atoms. The van der Waals surface area contributed by atoms with Crippen molar-refractivity contribution in [1.29, 1.82) is 0 Å². The molecule has 2 N–H and O–H groups in total. The Morgan fingerprint density at radius 2 is 1.98 bits per heavy atom. The molecule has 0 aliphatic carbocycles. The van der Waals surface area contributed by atoms with Crippen LogP contribution < -0.4 is 15.5 Å². The lowest BCUT2D eigenvalue weighted by molar-refractivity contribution is -0.111. The summed E-state index contributed by atoms with van der Waals surface area (Å²) in [5.41, 5.74) is 3.13. The second kappa shape index (κ2) is 13.4. The van der Waals surface area contributed by atoms with Gasteiger partial charge in [0.15, 0.2) is 11.0 Å². The van der Waals surface area contributed by atoms with Crippen LogP contribution in [-0.4, -0.2) is 68.8 Å². The summed E-state index contributed by atoms with van der Waals surface area (Å²) < 4.78 is 14.2. The van der Waals surface area contributed by atoms with Gasteiger partial charge in [0.05, 0.1) is 30.7 Å². The molecule has 0 unspecified atom stereocenters. The van der Waals surface area contributed by atoms with Crippen molar-refractivity contribution in [2.45, 2.75) is 19.6 Å². The Labute approximate surface area is 253 Å². The summed E-state index contributed by atoms with van der Waals surface area (Å²) in [6, 6.07) is 16.4. The molecule has 0 fully saturated rings. The van der Waals surface area contributed by atoms with Crippen LogP contribution in [0.5, 0.6) is 0 Å². The van der Waals surface area contributed by atoms with Crippen LogP contribution >= 0.6 is 11.6 Å². The highest BCUT2D eigenvalue weighted by Gasteiger charge is 2.34. The van der Waals surface area contributed by atoms with Crippen molar-refractivity contribution in [1.82, 2.24) is 29.5 Å². The quantitative estimate of drug-likeness (QED) is 0.222. The van der Waals surface area contributed by atoms with E-state index in [0.717, 1.165) is 11.1 Å². The van der Waals surface area contributed by atoms with Crippen molar-refractivity contribution in [3.05, 3.63) is 95.4 Å². The third-order valence-corrected chi connectivity index (χ3v) is 6.76. The molecule has 0 saturated heterocycles. The summed E-state index contributed by atoms with van der Waals surface area (Å²) in [5, 5.41) is 10.1. The number of nitrogens with one attached hydrogen (secondary N) is 2. The van der Waals surface area contributed by atoms with E-state index in [0.29, 0.717) is 42.5 Å². The number of likely N-dealkylation sites (N-methyl/N-ethyl adjacent to an activating group) is 1. The number of amides is 3. The fourth-order valence-electron chi connectivity index (χ4n) is 4.51. The topological polar surface area (TPSA) is 112 Å². The van der Waals surface area contributed by atoms with Gasteiger partial charge in [0, 0.05) is 36.6 Å². The molecular weight excluding hydrogens is 573 g/mol. The largest absolute Gasteiger partial charge is 0.330 e. The van der Waals surface area contributed by atoms with Crippen molar-refractivity contribution < 1.29 is 14.0 Å². The van der Waals surface area contributed by atoms with Gasteiger partial charge >= 0.3 is 6.03 Å². The molecule has 222 valence electrons. The van der Waals surface area contributed by atoms with E-state index in [1.807, 2.05) is 49.3 Å². The van der Waals surface area contributed by atoms with E-state index in [1.54, 1.807) is 47.6 Å². The number of aromatic nitrogens is 4. The van der Waals surface area contributed by atoms with Crippen LogP contribution in [0.3, 0.4) is 0 Å². The predicted molar refractivity (Wildman–Crippen MR) is 165 cm³/mol. The molecule has 3 amide bonds. The van der Waals surface area contributed by atoms with Gasteiger partial charge in [-0.15, -0.1) is 0 Å². The molecule has 11 nitrogen and oxygen atoms in total. The van der Waals surface area contributed by atoms with Crippen molar-refractivity contribution in [3.8, 4) is 0 Å². The van der Waals surface area contributed by atoms with Crippen LogP contribution in [-0.2, 0) is 24.4 Å². The molecular formula is C30H31ClFN9O2. The van der Waals surface area contributed by atoms with E-state index < -0.39 is 6.67 Å². The van der Waals surface area contributed by atoms with Gasteiger partial charge in [-0.3, -0.25) is 9.48 Å². The zero-order valence-corrected chi connectivity index (χ0v) is 24.5. The van der Waals surface area contributed by atoms with Crippen molar-refractivity contribution >= 4 is 52.4 Å². The third-order valence-electron chi connectivity index (χ3n) is 6.48. The molecule has 0 radical (unpaired) electrons. The maximum absolute atomic E-state index is 14.0. The molecule has 43 heavy (non-hydrogen) atoms. The first-order valence-corrected chi connectivity index (χ1v) is 14.0. The third kappa shape index (κ3) is 7.34. The lowest BCUT2D eigenvalue weighted by Crippen LogP contribution is -2.45. The molecule has 2 aromatic heterocycles. The van der Waals surface area contributed by atoms with E-state index in [-0.39, 0.29) is 29.6 Å². The summed E-state index contributed by atoms with van der Waals surface area (Å²) in [5.74, 6) is 0.285. The zero-order chi connectivity index (χ0) is 30.3. The minimum Gasteiger partial charge on any atom is -0.322 e. The minimum absolute atomic E-state index is 0.0598. The van der Waals surface area contributed by atoms with Gasteiger partial charge in [0.2, 0.25) is 11.9 Å². The van der Waals surface area contributed by atoms with Gasteiger partial charge in [0.25, 0.3) is 0 Å². The number of rotatable bonds is 11. The molecule has 2 aromatic carbocycles. The average Bonchev–Trinajstić information content (AvgIpc) is 3.32. The molecule has 0 atom stereocenters. The Morgan fingerprint density at radius 3 is 2.74 bits per heavy atom. The number of fused-ring (bicyclic) bond motifs is 1. The Morgan fingerprint density at radius 1 is 1.16 bits per heavy atom. The fraction of sp³-hybridized carbons (Fsp3) is 0.233. The maximum atomic E-state index is 14.0. The van der Waals surface area contributed by atoms with E-state index >= 15 is 0 Å². The van der Waals surface area contributed by atoms with Gasteiger partial charge < -0.3 is 20.4 Å². The average molecular weight is 604 g/mol. The zero-order valence-electron chi connectivity index (χ0n) is 23.7. The fourth-order valence-corrected chi connectivity index (χ4v) is 4.70. The van der Waals surface area contributed by atoms with E-state index in [4.69, 9.17) is 11.6 Å². The lowest BCUT2D eigenvalue weighted by Gasteiger charge is -2.36. The number of carbonyl (C=O) groups is 2. The van der Waals surface area contributed by atoms with Crippen LogP contribution in [0.4, 0.5) is 38.0 Å². The Hall–Kier alpha value is -4.81. The number of benzene rings is 2. The number of halogens is 2. The molecule has 5 rings (SSSR count). The smallest absolute Gasteiger partial charge is 0.322 e. The van der Waals surface area contributed by atoms with Crippen molar-refractivity contribution in [2.75, 3.05) is 42.8 Å². The number of nitrogens with zero attached hydrogens (tertiary/aromatic N) is 7. The number of alkyl halides is 1. The first-order chi connectivity index (χ1) is 20.8. The Kier molecular flexibility index (Phi) is 9.28. The normalized spacial score (nSPS) is 13.1.